The molecule has 0 radical (unpaired) electrons. The van der Waals surface area contributed by atoms with Gasteiger partial charge in [-0.3, -0.25) is 9.48 Å². The van der Waals surface area contributed by atoms with E-state index in [0.717, 1.165) is 60.8 Å². The fraction of sp³-hybridized carbons (Fsp3) is 0.500. The van der Waals surface area contributed by atoms with Crippen molar-refractivity contribution >= 4 is 17.7 Å². The van der Waals surface area contributed by atoms with Crippen LogP contribution in [0.1, 0.15) is 33.7 Å². The Morgan fingerprint density at radius 2 is 1.93 bits per heavy atom. The molecule has 0 spiro atoms. The van der Waals surface area contributed by atoms with Gasteiger partial charge in [0.15, 0.2) is 23.1 Å². The Morgan fingerprint density at radius 3 is 2.62 bits per heavy atom. The Kier molecular flexibility index (Phi) is 5.87. The summed E-state index contributed by atoms with van der Waals surface area (Å²) in [5.74, 6) is -1.97. The molecule has 1 amide bonds. The smallest absolute Gasteiger partial charge is 0.274 e. The van der Waals surface area contributed by atoms with Gasteiger partial charge in [0.2, 0.25) is 0 Å². The second kappa shape index (κ2) is 8.39. The van der Waals surface area contributed by atoms with Crippen LogP contribution in [0, 0.1) is 17.5 Å². The van der Waals surface area contributed by atoms with Gasteiger partial charge in [-0.1, -0.05) is 0 Å². The number of amides is 1. The lowest BCUT2D eigenvalue weighted by atomic mass is 9.91. The Morgan fingerprint density at radius 1 is 1.24 bits per heavy atom. The first-order valence-corrected chi connectivity index (χ1v) is 10.9. The number of nitrogens with one attached hydrogen (secondary N) is 1. The predicted octanol–water partition coefficient (Wildman–Crippen LogP) is 2.67. The number of carbonyl (C=O) groups excluding carboxylic acids is 1. The number of aryl methyl sites for hydroxylation is 1. The van der Waals surface area contributed by atoms with Gasteiger partial charge in [-0.25, -0.2) is 13.2 Å². The molecule has 29 heavy (non-hydrogen) atoms. The van der Waals surface area contributed by atoms with E-state index in [2.05, 4.69) is 10.4 Å². The van der Waals surface area contributed by atoms with Crippen molar-refractivity contribution in [2.24, 2.45) is 7.05 Å². The molecule has 2 heterocycles. The number of benzene rings is 1. The number of hydrogen-bond acceptors (Lipinski definition) is 4. The molecule has 1 aliphatic heterocycles. The minimum absolute atomic E-state index is 0.0227. The zero-order chi connectivity index (χ0) is 20.5. The summed E-state index contributed by atoms with van der Waals surface area (Å²) in [6, 6.07) is 2.06. The standard InChI is InChI=1S/C20H23F3N4OS/c1-26-17-3-2-13(24-11-12-8-15(21)18(23)16(22)9-12)10-14(17)19(25-26)20(28)27-4-6-29-7-5-27/h8-9,13,24H,2-7,10-11H2,1H3. The van der Waals surface area contributed by atoms with Crippen molar-refractivity contribution in [3.63, 3.8) is 0 Å². The van der Waals surface area contributed by atoms with Crippen LogP contribution in [0.25, 0.3) is 0 Å². The number of halogens is 3. The molecule has 156 valence electrons. The molecule has 0 saturated carbocycles. The van der Waals surface area contributed by atoms with E-state index in [4.69, 9.17) is 0 Å². The number of rotatable bonds is 4. The first-order valence-electron chi connectivity index (χ1n) is 9.72. The SMILES string of the molecule is Cn1nc(C(=O)N2CCSCC2)c2c1CCC(NCc1cc(F)c(F)c(F)c1)C2. The third kappa shape index (κ3) is 4.16. The lowest BCUT2D eigenvalue weighted by Gasteiger charge is -2.27. The summed E-state index contributed by atoms with van der Waals surface area (Å²) in [5.41, 5.74) is 2.88. The molecule has 2 aromatic rings. The highest BCUT2D eigenvalue weighted by Gasteiger charge is 2.30. The van der Waals surface area contributed by atoms with Gasteiger partial charge in [-0.15, -0.1) is 0 Å². The predicted molar refractivity (Wildman–Crippen MR) is 105 cm³/mol. The number of carbonyl (C=O) groups is 1. The van der Waals surface area contributed by atoms with Gasteiger partial charge in [0, 0.05) is 55.5 Å². The average Bonchev–Trinajstić information content (AvgIpc) is 3.06. The molecule has 4 rings (SSSR count). The van der Waals surface area contributed by atoms with Crippen molar-refractivity contribution in [2.45, 2.75) is 31.8 Å². The average molecular weight is 424 g/mol. The molecule has 2 aliphatic rings. The zero-order valence-corrected chi connectivity index (χ0v) is 17.0. The normalized spacial score (nSPS) is 19.3. The minimum Gasteiger partial charge on any atom is -0.336 e. The Balaban J connectivity index is 1.47. The van der Waals surface area contributed by atoms with Gasteiger partial charge in [0.25, 0.3) is 5.91 Å². The van der Waals surface area contributed by atoms with Crippen LogP contribution >= 0.6 is 11.8 Å². The lowest BCUT2D eigenvalue weighted by molar-refractivity contribution is 0.0764. The molecule has 5 nitrogen and oxygen atoms in total. The van der Waals surface area contributed by atoms with E-state index in [1.165, 1.54) is 0 Å². The highest BCUT2D eigenvalue weighted by Crippen LogP contribution is 2.26. The van der Waals surface area contributed by atoms with Crippen LogP contribution in [0.3, 0.4) is 0 Å². The molecular formula is C20H23F3N4OS. The van der Waals surface area contributed by atoms with E-state index in [1.54, 1.807) is 4.68 Å². The van der Waals surface area contributed by atoms with E-state index < -0.39 is 17.5 Å². The number of thioether (sulfide) groups is 1. The van der Waals surface area contributed by atoms with Gasteiger partial charge in [-0.2, -0.15) is 16.9 Å². The van der Waals surface area contributed by atoms with Crippen LogP contribution in [0.4, 0.5) is 13.2 Å². The molecular weight excluding hydrogens is 401 g/mol. The number of hydrogen-bond donors (Lipinski definition) is 1. The molecule has 1 atom stereocenters. The summed E-state index contributed by atoms with van der Waals surface area (Å²) in [4.78, 5) is 14.8. The van der Waals surface area contributed by atoms with Gasteiger partial charge < -0.3 is 10.2 Å². The quantitative estimate of drug-likeness (QED) is 0.767. The molecule has 1 aromatic heterocycles. The summed E-state index contributed by atoms with van der Waals surface area (Å²) in [6.07, 6.45) is 2.22. The molecule has 1 fully saturated rings. The maximum absolute atomic E-state index is 13.4. The first-order chi connectivity index (χ1) is 13.9. The van der Waals surface area contributed by atoms with Crippen molar-refractivity contribution in [1.29, 1.82) is 0 Å². The second-order valence-corrected chi connectivity index (χ2v) is 8.72. The Bertz CT molecular complexity index is 904. The van der Waals surface area contributed by atoms with E-state index in [0.29, 0.717) is 17.7 Å². The van der Waals surface area contributed by atoms with Crippen molar-refractivity contribution < 1.29 is 18.0 Å². The van der Waals surface area contributed by atoms with Gasteiger partial charge in [0.05, 0.1) is 0 Å². The van der Waals surface area contributed by atoms with Crippen molar-refractivity contribution in [2.75, 3.05) is 24.6 Å². The van der Waals surface area contributed by atoms with Crippen LogP contribution in [0.5, 0.6) is 0 Å². The van der Waals surface area contributed by atoms with Gasteiger partial charge in [-0.05, 0) is 37.0 Å². The van der Waals surface area contributed by atoms with Crippen LogP contribution < -0.4 is 5.32 Å². The summed E-state index contributed by atoms with van der Waals surface area (Å²) in [7, 11) is 1.86. The first kappa shape index (κ1) is 20.3. The molecule has 1 aromatic carbocycles. The molecule has 1 N–H and O–H groups in total. The topological polar surface area (TPSA) is 50.2 Å². The maximum Gasteiger partial charge on any atom is 0.274 e. The number of nitrogens with zero attached hydrogens (tertiary/aromatic N) is 3. The molecule has 1 aliphatic carbocycles. The van der Waals surface area contributed by atoms with E-state index in [-0.39, 0.29) is 18.5 Å². The Hall–Kier alpha value is -2.00. The zero-order valence-electron chi connectivity index (χ0n) is 16.2. The fourth-order valence-corrected chi connectivity index (χ4v) is 4.93. The minimum atomic E-state index is -1.45. The number of aromatic nitrogens is 2. The largest absolute Gasteiger partial charge is 0.336 e. The summed E-state index contributed by atoms with van der Waals surface area (Å²) in [6.45, 7) is 1.69. The molecule has 1 saturated heterocycles. The van der Waals surface area contributed by atoms with E-state index in [1.807, 2.05) is 23.7 Å². The van der Waals surface area contributed by atoms with Gasteiger partial charge >= 0.3 is 0 Å². The molecule has 0 bridgehead atoms. The lowest BCUT2D eigenvalue weighted by Crippen LogP contribution is -2.39. The van der Waals surface area contributed by atoms with Gasteiger partial charge in [0.1, 0.15) is 0 Å². The van der Waals surface area contributed by atoms with Crippen LogP contribution in [-0.4, -0.2) is 51.2 Å². The third-order valence-electron chi connectivity index (χ3n) is 5.59. The third-order valence-corrected chi connectivity index (χ3v) is 6.54. The molecule has 9 heteroatoms. The summed E-state index contributed by atoms with van der Waals surface area (Å²) < 4.78 is 41.8. The van der Waals surface area contributed by atoms with Crippen molar-refractivity contribution in [3.8, 4) is 0 Å². The summed E-state index contributed by atoms with van der Waals surface area (Å²) in [5, 5.41) is 7.79. The highest BCUT2D eigenvalue weighted by molar-refractivity contribution is 7.99. The van der Waals surface area contributed by atoms with Crippen molar-refractivity contribution in [3.05, 3.63) is 52.1 Å². The van der Waals surface area contributed by atoms with Crippen molar-refractivity contribution in [1.82, 2.24) is 20.0 Å². The highest BCUT2D eigenvalue weighted by atomic mass is 32.2. The maximum atomic E-state index is 13.4. The Labute approximate surface area is 171 Å². The van der Waals surface area contributed by atoms with Crippen LogP contribution in [-0.2, 0) is 26.4 Å². The summed E-state index contributed by atoms with van der Waals surface area (Å²) >= 11 is 1.85. The monoisotopic (exact) mass is 424 g/mol. The molecule has 1 unspecified atom stereocenters. The van der Waals surface area contributed by atoms with E-state index in [9.17, 15) is 18.0 Å². The second-order valence-electron chi connectivity index (χ2n) is 7.50. The fourth-order valence-electron chi connectivity index (χ4n) is 4.02. The van der Waals surface area contributed by atoms with E-state index >= 15 is 0 Å². The van der Waals surface area contributed by atoms with Crippen LogP contribution in [0.15, 0.2) is 12.1 Å². The number of fused-ring (bicyclic) bond motifs is 1. The van der Waals surface area contributed by atoms with Crippen LogP contribution in [0.2, 0.25) is 0 Å².